The number of carbonyl (C=O) groups excluding carboxylic acids is 1. The van der Waals surface area contributed by atoms with Crippen LogP contribution in [0.5, 0.6) is 0 Å². The summed E-state index contributed by atoms with van der Waals surface area (Å²) < 4.78 is 6.80. The van der Waals surface area contributed by atoms with E-state index in [1.165, 1.54) is 30.2 Å². The van der Waals surface area contributed by atoms with E-state index in [4.69, 9.17) is 11.6 Å². The van der Waals surface area contributed by atoms with E-state index in [0.29, 0.717) is 26.7 Å². The average molecular weight is 348 g/mol. The normalized spacial score (nSPS) is 10.8. The first-order valence-corrected chi connectivity index (χ1v) is 8.39. The van der Waals surface area contributed by atoms with E-state index in [-0.39, 0.29) is 5.69 Å². The van der Waals surface area contributed by atoms with Crippen molar-refractivity contribution in [3.8, 4) is 0 Å². The molecule has 2 heterocycles. The van der Waals surface area contributed by atoms with Gasteiger partial charge in [0.1, 0.15) is 4.88 Å². The van der Waals surface area contributed by atoms with Crippen molar-refractivity contribution in [1.82, 2.24) is 14.8 Å². The number of ether oxygens (including phenoxy) is 1. The van der Waals surface area contributed by atoms with Gasteiger partial charge in [-0.05, 0) is 18.1 Å². The number of thioether (sulfide) groups is 1. The summed E-state index contributed by atoms with van der Waals surface area (Å²) in [6.07, 6.45) is 0.846. The molecule has 2 aromatic heterocycles. The van der Waals surface area contributed by atoms with Crippen LogP contribution in [0.3, 0.4) is 0 Å². The Morgan fingerprint density at radius 3 is 3.05 bits per heavy atom. The van der Waals surface area contributed by atoms with Gasteiger partial charge < -0.3 is 4.74 Å². The number of aromatic amines is 1. The van der Waals surface area contributed by atoms with Gasteiger partial charge in [0.2, 0.25) is 0 Å². The van der Waals surface area contributed by atoms with Crippen LogP contribution in [0.4, 0.5) is 0 Å². The lowest BCUT2D eigenvalue weighted by Gasteiger charge is -2.02. The van der Waals surface area contributed by atoms with Crippen LogP contribution in [0.1, 0.15) is 28.6 Å². The van der Waals surface area contributed by atoms with Crippen LogP contribution in [-0.2, 0) is 17.0 Å². The number of methoxy groups -OCH3 is 1. The first-order chi connectivity index (χ1) is 10.1. The number of hydrogen-bond acceptors (Lipinski definition) is 6. The third kappa shape index (κ3) is 3.69. The molecular formula is C12H14ClN3O3S2. The number of H-pyrrole nitrogens is 1. The SMILES string of the molecule is CCCn1c(SCc2cc(C(=O)OC)sc2Cl)n[nH]c1=O. The largest absolute Gasteiger partial charge is 0.465 e. The van der Waals surface area contributed by atoms with Gasteiger partial charge in [-0.1, -0.05) is 30.3 Å². The third-order valence-electron chi connectivity index (χ3n) is 2.67. The minimum absolute atomic E-state index is 0.217. The summed E-state index contributed by atoms with van der Waals surface area (Å²) in [5, 5.41) is 7.05. The van der Waals surface area contributed by atoms with E-state index in [1.54, 1.807) is 10.6 Å². The molecule has 0 unspecified atom stereocenters. The molecular weight excluding hydrogens is 334 g/mol. The van der Waals surface area contributed by atoms with Gasteiger partial charge in [0.15, 0.2) is 5.16 Å². The number of thiophene rings is 1. The van der Waals surface area contributed by atoms with Crippen molar-refractivity contribution in [1.29, 1.82) is 0 Å². The van der Waals surface area contributed by atoms with E-state index >= 15 is 0 Å². The molecule has 9 heteroatoms. The predicted octanol–water partition coefficient (Wildman–Crippen LogP) is 2.78. The van der Waals surface area contributed by atoms with Gasteiger partial charge in [-0.3, -0.25) is 4.57 Å². The van der Waals surface area contributed by atoms with Gasteiger partial charge in [-0.15, -0.1) is 16.4 Å². The molecule has 1 N–H and O–H groups in total. The fourth-order valence-electron chi connectivity index (χ4n) is 1.68. The minimum Gasteiger partial charge on any atom is -0.465 e. The Morgan fingerprint density at radius 1 is 1.62 bits per heavy atom. The van der Waals surface area contributed by atoms with Crippen LogP contribution in [0.25, 0.3) is 0 Å². The van der Waals surface area contributed by atoms with Gasteiger partial charge in [-0.2, -0.15) is 0 Å². The van der Waals surface area contributed by atoms with E-state index in [9.17, 15) is 9.59 Å². The molecule has 0 aliphatic rings. The van der Waals surface area contributed by atoms with Gasteiger partial charge in [0.05, 0.1) is 11.4 Å². The van der Waals surface area contributed by atoms with Gasteiger partial charge >= 0.3 is 11.7 Å². The molecule has 114 valence electrons. The second-order valence-corrected chi connectivity index (χ2v) is 6.75. The maximum Gasteiger partial charge on any atom is 0.348 e. The predicted molar refractivity (Wildman–Crippen MR) is 83.4 cm³/mol. The van der Waals surface area contributed by atoms with Crippen LogP contribution < -0.4 is 5.69 Å². The molecule has 0 aromatic carbocycles. The Labute approximate surface area is 134 Å². The molecule has 2 aromatic rings. The lowest BCUT2D eigenvalue weighted by atomic mass is 10.3. The van der Waals surface area contributed by atoms with Crippen LogP contribution in [0, 0.1) is 0 Å². The standard InChI is InChI=1S/C12H14ClN3O3S2/c1-3-4-16-11(18)14-15-12(16)20-6-7-5-8(10(17)19-2)21-9(7)13/h5H,3-4,6H2,1-2H3,(H,14,18). The Hall–Kier alpha value is -1.25. The number of hydrogen-bond donors (Lipinski definition) is 1. The summed E-state index contributed by atoms with van der Waals surface area (Å²) in [4.78, 5) is 23.5. The quantitative estimate of drug-likeness (QED) is 0.642. The first kappa shape index (κ1) is 16.1. The maximum atomic E-state index is 11.6. The summed E-state index contributed by atoms with van der Waals surface area (Å²) in [5.41, 5.74) is 0.608. The zero-order valence-electron chi connectivity index (χ0n) is 11.5. The van der Waals surface area contributed by atoms with E-state index < -0.39 is 5.97 Å². The average Bonchev–Trinajstić information content (AvgIpc) is 3.01. The van der Waals surface area contributed by atoms with Crippen molar-refractivity contribution >= 4 is 40.7 Å². The highest BCUT2D eigenvalue weighted by Crippen LogP contribution is 2.32. The monoisotopic (exact) mass is 347 g/mol. The zero-order chi connectivity index (χ0) is 15.4. The van der Waals surface area contributed by atoms with E-state index in [0.717, 1.165) is 12.0 Å². The molecule has 2 rings (SSSR count). The Morgan fingerprint density at radius 2 is 2.38 bits per heavy atom. The molecule has 21 heavy (non-hydrogen) atoms. The lowest BCUT2D eigenvalue weighted by molar-refractivity contribution is 0.0606. The number of nitrogens with zero attached hydrogens (tertiary/aromatic N) is 2. The molecule has 0 bridgehead atoms. The third-order valence-corrected chi connectivity index (χ3v) is 5.12. The highest BCUT2D eigenvalue weighted by atomic mass is 35.5. The van der Waals surface area contributed by atoms with Crippen LogP contribution in [0.2, 0.25) is 4.34 Å². The molecule has 0 amide bonds. The topological polar surface area (TPSA) is 77.0 Å². The minimum atomic E-state index is -0.402. The summed E-state index contributed by atoms with van der Waals surface area (Å²) in [6.45, 7) is 2.61. The molecule has 0 fully saturated rings. The second kappa shape index (κ2) is 7.15. The lowest BCUT2D eigenvalue weighted by Crippen LogP contribution is -2.17. The van der Waals surface area contributed by atoms with Crippen molar-refractivity contribution in [2.45, 2.75) is 30.8 Å². The second-order valence-electron chi connectivity index (χ2n) is 4.15. The zero-order valence-corrected chi connectivity index (χ0v) is 13.9. The molecule has 0 atom stereocenters. The molecule has 0 spiro atoms. The first-order valence-electron chi connectivity index (χ1n) is 6.21. The summed E-state index contributed by atoms with van der Waals surface area (Å²) in [5.74, 6) is 0.126. The van der Waals surface area contributed by atoms with Gasteiger partial charge in [0, 0.05) is 12.3 Å². The van der Waals surface area contributed by atoms with Crippen molar-refractivity contribution in [3.63, 3.8) is 0 Å². The number of nitrogens with one attached hydrogen (secondary N) is 1. The number of esters is 1. The van der Waals surface area contributed by atoms with Crippen LogP contribution >= 0.6 is 34.7 Å². The number of rotatable bonds is 6. The molecule has 0 saturated heterocycles. The number of aromatic nitrogens is 3. The smallest absolute Gasteiger partial charge is 0.348 e. The maximum absolute atomic E-state index is 11.6. The van der Waals surface area contributed by atoms with Gasteiger partial charge in [0.25, 0.3) is 0 Å². The molecule has 0 aliphatic heterocycles. The summed E-state index contributed by atoms with van der Waals surface area (Å²) in [6, 6.07) is 1.71. The summed E-state index contributed by atoms with van der Waals surface area (Å²) >= 11 is 8.70. The molecule has 0 radical (unpaired) electrons. The number of halogens is 1. The fourth-order valence-corrected chi connectivity index (χ4v) is 4.00. The molecule has 6 nitrogen and oxygen atoms in total. The molecule has 0 aliphatic carbocycles. The highest BCUT2D eigenvalue weighted by Gasteiger charge is 2.15. The Balaban J connectivity index is 2.12. The number of carbonyl (C=O) groups is 1. The fraction of sp³-hybridized carbons (Fsp3) is 0.417. The highest BCUT2D eigenvalue weighted by molar-refractivity contribution is 7.98. The van der Waals surface area contributed by atoms with Crippen molar-refractivity contribution in [2.24, 2.45) is 0 Å². The van der Waals surface area contributed by atoms with E-state index in [2.05, 4.69) is 14.9 Å². The van der Waals surface area contributed by atoms with Gasteiger partial charge in [-0.25, -0.2) is 14.7 Å². The van der Waals surface area contributed by atoms with Crippen LogP contribution in [-0.4, -0.2) is 27.8 Å². The van der Waals surface area contributed by atoms with E-state index in [1.807, 2.05) is 6.92 Å². The van der Waals surface area contributed by atoms with Crippen molar-refractivity contribution < 1.29 is 9.53 Å². The Bertz CT molecular complexity index is 692. The van der Waals surface area contributed by atoms with Crippen LogP contribution in [0.15, 0.2) is 16.0 Å². The molecule has 0 saturated carbocycles. The van der Waals surface area contributed by atoms with Crippen molar-refractivity contribution in [3.05, 3.63) is 31.3 Å². The summed E-state index contributed by atoms with van der Waals surface area (Å²) in [7, 11) is 1.33. The Kier molecular flexibility index (Phi) is 5.49. The van der Waals surface area contributed by atoms with Crippen molar-refractivity contribution in [2.75, 3.05) is 7.11 Å².